The Morgan fingerprint density at radius 2 is 2.25 bits per heavy atom. The van der Waals surface area contributed by atoms with Gasteiger partial charge in [-0.25, -0.2) is 0 Å². The number of carbonyl (C=O) groups is 1. The average Bonchev–Trinajstić information content (AvgIpc) is 2.32. The van der Waals surface area contributed by atoms with E-state index in [-0.39, 0.29) is 12.6 Å². The van der Waals surface area contributed by atoms with Crippen molar-refractivity contribution in [1.82, 2.24) is 4.90 Å². The molecule has 0 aromatic carbocycles. The van der Waals surface area contributed by atoms with E-state index in [1.165, 1.54) is 0 Å². The number of nitrogens with two attached hydrogens (primary N) is 1. The van der Waals surface area contributed by atoms with Crippen LogP contribution in [0.3, 0.4) is 0 Å². The molecule has 0 unspecified atom stereocenters. The summed E-state index contributed by atoms with van der Waals surface area (Å²) < 4.78 is 24.9. The van der Waals surface area contributed by atoms with Crippen LogP contribution in [0, 0.1) is 0 Å². The zero-order valence-electron chi connectivity index (χ0n) is 6.89. The molecule has 70 valence electrons. The molecular weight excluding hydrogens is 166 g/mol. The quantitative estimate of drug-likeness (QED) is 0.623. The van der Waals surface area contributed by atoms with Gasteiger partial charge in [-0.1, -0.05) is 0 Å². The van der Waals surface area contributed by atoms with E-state index in [2.05, 4.69) is 0 Å². The second-order valence-electron chi connectivity index (χ2n) is 3.19. The monoisotopic (exact) mass is 178 g/mol. The van der Waals surface area contributed by atoms with E-state index in [1.807, 2.05) is 0 Å². The molecule has 1 saturated heterocycles. The van der Waals surface area contributed by atoms with Crippen LogP contribution in [0.2, 0.25) is 0 Å². The van der Waals surface area contributed by atoms with E-state index in [9.17, 15) is 13.6 Å². The maximum Gasteiger partial charge on any atom is 0.322 e. The summed E-state index contributed by atoms with van der Waals surface area (Å²) in [6.07, 6.45) is 0.613. The number of hydrogen-bond acceptors (Lipinski definition) is 2. The van der Waals surface area contributed by atoms with Gasteiger partial charge >= 0.3 is 5.92 Å². The number of alkyl halides is 2. The average molecular weight is 178 g/mol. The van der Waals surface area contributed by atoms with Crippen LogP contribution in [0.25, 0.3) is 0 Å². The first-order chi connectivity index (χ1) is 5.41. The molecule has 0 aliphatic carbocycles. The fraction of sp³-hybridized carbons (Fsp3) is 0.857. The minimum Gasteiger partial charge on any atom is -0.336 e. The Hall–Kier alpha value is -0.710. The second-order valence-corrected chi connectivity index (χ2v) is 3.19. The van der Waals surface area contributed by atoms with E-state index < -0.39 is 11.8 Å². The minimum absolute atomic E-state index is 0.142. The van der Waals surface area contributed by atoms with Crippen molar-refractivity contribution in [3.8, 4) is 0 Å². The number of nitrogens with zero attached hydrogens (tertiary/aromatic N) is 1. The SMILES string of the molecule is CC(F)(F)C(=O)N1CC[C@@H](N)C1. The van der Waals surface area contributed by atoms with Crippen molar-refractivity contribution in [2.24, 2.45) is 5.73 Å². The first kappa shape index (κ1) is 9.38. The Kier molecular flexibility index (Phi) is 2.32. The largest absolute Gasteiger partial charge is 0.336 e. The van der Waals surface area contributed by atoms with Gasteiger partial charge < -0.3 is 10.6 Å². The molecule has 1 fully saturated rings. The van der Waals surface area contributed by atoms with Crippen molar-refractivity contribution in [3.63, 3.8) is 0 Å². The van der Waals surface area contributed by atoms with E-state index in [0.29, 0.717) is 19.9 Å². The van der Waals surface area contributed by atoms with E-state index >= 15 is 0 Å². The van der Waals surface area contributed by atoms with Crippen LogP contribution in [-0.2, 0) is 4.79 Å². The minimum atomic E-state index is -3.26. The summed E-state index contributed by atoms with van der Waals surface area (Å²) in [6.45, 7) is 1.21. The van der Waals surface area contributed by atoms with Crippen LogP contribution in [0.1, 0.15) is 13.3 Å². The van der Waals surface area contributed by atoms with Gasteiger partial charge in [-0.3, -0.25) is 4.79 Å². The molecule has 0 bridgehead atoms. The number of hydrogen-bond donors (Lipinski definition) is 1. The Bertz CT molecular complexity index is 190. The third kappa shape index (κ3) is 1.91. The molecule has 5 heteroatoms. The van der Waals surface area contributed by atoms with Gasteiger partial charge in [0.05, 0.1) is 0 Å². The van der Waals surface area contributed by atoms with Gasteiger partial charge in [0.15, 0.2) is 0 Å². The van der Waals surface area contributed by atoms with Crippen LogP contribution in [-0.4, -0.2) is 35.9 Å². The lowest BCUT2D eigenvalue weighted by atomic mass is 10.3. The van der Waals surface area contributed by atoms with E-state index in [1.54, 1.807) is 0 Å². The summed E-state index contributed by atoms with van der Waals surface area (Å²) >= 11 is 0. The molecule has 0 aromatic heterocycles. The van der Waals surface area contributed by atoms with E-state index in [4.69, 9.17) is 5.73 Å². The van der Waals surface area contributed by atoms with Gasteiger partial charge in [0.25, 0.3) is 5.91 Å². The lowest BCUT2D eigenvalue weighted by Gasteiger charge is -2.19. The molecule has 1 heterocycles. The Labute approximate surface area is 69.5 Å². The number of carbonyl (C=O) groups excluding carboxylic acids is 1. The molecule has 0 aromatic rings. The highest BCUT2D eigenvalue weighted by atomic mass is 19.3. The zero-order chi connectivity index (χ0) is 9.35. The predicted molar refractivity (Wildman–Crippen MR) is 39.8 cm³/mol. The lowest BCUT2D eigenvalue weighted by molar-refractivity contribution is -0.153. The molecule has 0 radical (unpaired) electrons. The van der Waals surface area contributed by atoms with Gasteiger partial charge in [0.1, 0.15) is 0 Å². The van der Waals surface area contributed by atoms with Crippen LogP contribution in [0.4, 0.5) is 8.78 Å². The fourth-order valence-corrected chi connectivity index (χ4v) is 1.25. The van der Waals surface area contributed by atoms with Gasteiger partial charge in [0, 0.05) is 26.1 Å². The van der Waals surface area contributed by atoms with Crippen molar-refractivity contribution in [2.75, 3.05) is 13.1 Å². The Balaban J connectivity index is 2.55. The molecule has 2 N–H and O–H groups in total. The third-order valence-corrected chi connectivity index (χ3v) is 1.89. The number of amides is 1. The maximum atomic E-state index is 12.5. The molecule has 1 aliphatic rings. The van der Waals surface area contributed by atoms with Crippen LogP contribution in [0.15, 0.2) is 0 Å². The Morgan fingerprint density at radius 1 is 1.67 bits per heavy atom. The Morgan fingerprint density at radius 3 is 2.58 bits per heavy atom. The summed E-state index contributed by atoms with van der Waals surface area (Å²) in [5.41, 5.74) is 5.47. The van der Waals surface area contributed by atoms with E-state index in [0.717, 1.165) is 4.90 Å². The third-order valence-electron chi connectivity index (χ3n) is 1.89. The predicted octanol–water partition coefficient (Wildman–Crippen LogP) is 0.201. The second kappa shape index (κ2) is 2.97. The molecule has 3 nitrogen and oxygen atoms in total. The number of likely N-dealkylation sites (tertiary alicyclic amines) is 1. The molecular formula is C7H12F2N2O. The molecule has 1 atom stereocenters. The topological polar surface area (TPSA) is 46.3 Å². The van der Waals surface area contributed by atoms with Crippen LogP contribution >= 0.6 is 0 Å². The van der Waals surface area contributed by atoms with Crippen molar-refractivity contribution >= 4 is 5.91 Å². The zero-order valence-corrected chi connectivity index (χ0v) is 6.89. The van der Waals surface area contributed by atoms with Gasteiger partial charge in [-0.15, -0.1) is 0 Å². The summed E-state index contributed by atoms with van der Waals surface area (Å²) in [4.78, 5) is 12.0. The fourth-order valence-electron chi connectivity index (χ4n) is 1.25. The summed E-state index contributed by atoms with van der Waals surface area (Å²) in [5, 5.41) is 0. The smallest absolute Gasteiger partial charge is 0.322 e. The molecule has 0 spiro atoms. The van der Waals surface area contributed by atoms with Crippen molar-refractivity contribution in [1.29, 1.82) is 0 Å². The van der Waals surface area contributed by atoms with Gasteiger partial charge in [-0.05, 0) is 6.42 Å². The normalized spacial score (nSPS) is 24.7. The standard InChI is InChI=1S/C7H12F2N2O/c1-7(8,9)6(12)11-3-2-5(10)4-11/h5H,2-4,10H2,1H3/t5-/m1/s1. The lowest BCUT2D eigenvalue weighted by Crippen LogP contribution is -2.41. The highest BCUT2D eigenvalue weighted by Gasteiger charge is 2.38. The maximum absolute atomic E-state index is 12.5. The summed E-state index contributed by atoms with van der Waals surface area (Å²) in [6, 6.07) is -0.142. The number of rotatable bonds is 1. The number of halogens is 2. The molecule has 12 heavy (non-hydrogen) atoms. The molecule has 1 aliphatic heterocycles. The van der Waals surface area contributed by atoms with Crippen molar-refractivity contribution in [2.45, 2.75) is 25.3 Å². The molecule has 1 amide bonds. The van der Waals surface area contributed by atoms with Crippen LogP contribution < -0.4 is 5.73 Å². The molecule has 0 saturated carbocycles. The van der Waals surface area contributed by atoms with Crippen molar-refractivity contribution in [3.05, 3.63) is 0 Å². The van der Waals surface area contributed by atoms with Gasteiger partial charge in [-0.2, -0.15) is 8.78 Å². The first-order valence-corrected chi connectivity index (χ1v) is 3.84. The highest BCUT2D eigenvalue weighted by Crippen LogP contribution is 2.18. The summed E-state index contributed by atoms with van der Waals surface area (Å²) in [5.74, 6) is -4.38. The summed E-state index contributed by atoms with van der Waals surface area (Å²) in [7, 11) is 0. The van der Waals surface area contributed by atoms with Gasteiger partial charge in [0.2, 0.25) is 0 Å². The van der Waals surface area contributed by atoms with Crippen LogP contribution in [0.5, 0.6) is 0 Å². The first-order valence-electron chi connectivity index (χ1n) is 3.84. The van der Waals surface area contributed by atoms with Crippen molar-refractivity contribution < 1.29 is 13.6 Å². The molecule has 1 rings (SSSR count). The highest BCUT2D eigenvalue weighted by molar-refractivity contribution is 5.83.